The normalized spacial score (nSPS) is 10.8. The Kier molecular flexibility index (Phi) is 10.5. The van der Waals surface area contributed by atoms with Gasteiger partial charge in [-0.25, -0.2) is 0 Å². The lowest BCUT2D eigenvalue weighted by atomic mass is 10.3. The number of nitrogens with one attached hydrogen (secondary N) is 2. The highest BCUT2D eigenvalue weighted by molar-refractivity contribution is 5.77. The molecular weight excluding hydrogens is 204 g/mol. The second-order valence-electron chi connectivity index (χ2n) is 4.15. The Balaban J connectivity index is 3.11. The molecule has 4 heteroatoms. The first-order valence-corrected chi connectivity index (χ1v) is 6.25. The number of amides is 1. The predicted octanol–water partition coefficient (Wildman–Crippen LogP) is 1.31. The van der Waals surface area contributed by atoms with Gasteiger partial charge in [0, 0.05) is 13.2 Å². The van der Waals surface area contributed by atoms with Crippen LogP contribution in [-0.2, 0) is 9.53 Å². The van der Waals surface area contributed by atoms with Gasteiger partial charge in [-0.3, -0.25) is 4.79 Å². The fraction of sp³-hybridized carbons (Fsp3) is 0.917. The van der Waals surface area contributed by atoms with Crippen molar-refractivity contribution in [3.63, 3.8) is 0 Å². The van der Waals surface area contributed by atoms with Crippen LogP contribution >= 0.6 is 0 Å². The van der Waals surface area contributed by atoms with Crippen LogP contribution in [0.5, 0.6) is 0 Å². The van der Waals surface area contributed by atoms with E-state index in [4.69, 9.17) is 4.74 Å². The largest absolute Gasteiger partial charge is 0.379 e. The lowest BCUT2D eigenvalue weighted by molar-refractivity contribution is -0.120. The van der Waals surface area contributed by atoms with Gasteiger partial charge in [-0.05, 0) is 39.7 Å². The van der Waals surface area contributed by atoms with Crippen LogP contribution in [0.2, 0.25) is 0 Å². The van der Waals surface area contributed by atoms with Gasteiger partial charge in [-0.1, -0.05) is 6.92 Å². The summed E-state index contributed by atoms with van der Waals surface area (Å²) in [5.41, 5.74) is 0. The summed E-state index contributed by atoms with van der Waals surface area (Å²) in [4.78, 5) is 11.2. The molecule has 0 bridgehead atoms. The van der Waals surface area contributed by atoms with Crippen molar-refractivity contribution in [2.45, 2.75) is 46.1 Å². The van der Waals surface area contributed by atoms with Crippen molar-refractivity contribution in [1.29, 1.82) is 0 Å². The number of carbonyl (C=O) groups is 1. The molecule has 0 aliphatic carbocycles. The summed E-state index contributed by atoms with van der Waals surface area (Å²) in [6.45, 7) is 8.99. The fourth-order valence-corrected chi connectivity index (χ4v) is 1.20. The minimum atomic E-state index is 0.0836. The first-order chi connectivity index (χ1) is 7.66. The van der Waals surface area contributed by atoms with E-state index in [-0.39, 0.29) is 5.91 Å². The van der Waals surface area contributed by atoms with Gasteiger partial charge < -0.3 is 15.4 Å². The van der Waals surface area contributed by atoms with E-state index in [0.29, 0.717) is 12.6 Å². The molecule has 0 saturated heterocycles. The Labute approximate surface area is 99.1 Å². The van der Waals surface area contributed by atoms with Crippen molar-refractivity contribution in [1.82, 2.24) is 10.6 Å². The van der Waals surface area contributed by atoms with E-state index in [1.807, 2.05) is 20.8 Å². The van der Waals surface area contributed by atoms with Crippen LogP contribution in [0.15, 0.2) is 0 Å². The van der Waals surface area contributed by atoms with Crippen LogP contribution in [0.4, 0.5) is 0 Å². The van der Waals surface area contributed by atoms with Crippen molar-refractivity contribution < 1.29 is 9.53 Å². The highest BCUT2D eigenvalue weighted by Crippen LogP contribution is 1.93. The predicted molar refractivity (Wildman–Crippen MR) is 66.5 cm³/mol. The van der Waals surface area contributed by atoms with Gasteiger partial charge in [0.2, 0.25) is 5.91 Å². The Morgan fingerprint density at radius 2 is 2.00 bits per heavy atom. The van der Waals surface area contributed by atoms with Crippen LogP contribution in [0.1, 0.15) is 40.0 Å². The van der Waals surface area contributed by atoms with Gasteiger partial charge in [-0.2, -0.15) is 0 Å². The lowest BCUT2D eigenvalue weighted by Crippen LogP contribution is -2.34. The smallest absolute Gasteiger partial charge is 0.233 e. The minimum absolute atomic E-state index is 0.0836. The molecule has 96 valence electrons. The van der Waals surface area contributed by atoms with Crippen LogP contribution in [0.3, 0.4) is 0 Å². The standard InChI is InChI=1S/C12H26N2O2/c1-4-7-14-12(15)10-13-8-5-6-9-16-11(2)3/h11,13H,4-10H2,1-3H3,(H,14,15). The van der Waals surface area contributed by atoms with E-state index >= 15 is 0 Å². The lowest BCUT2D eigenvalue weighted by Gasteiger charge is -2.08. The van der Waals surface area contributed by atoms with E-state index in [1.54, 1.807) is 0 Å². The molecule has 0 unspecified atom stereocenters. The molecule has 16 heavy (non-hydrogen) atoms. The number of carbonyl (C=O) groups excluding carboxylic acids is 1. The van der Waals surface area contributed by atoms with E-state index in [2.05, 4.69) is 10.6 Å². The van der Waals surface area contributed by atoms with Crippen molar-refractivity contribution >= 4 is 5.91 Å². The van der Waals surface area contributed by atoms with Crippen molar-refractivity contribution in [3.8, 4) is 0 Å². The van der Waals surface area contributed by atoms with Gasteiger partial charge >= 0.3 is 0 Å². The SMILES string of the molecule is CCCNC(=O)CNCCCCOC(C)C. The highest BCUT2D eigenvalue weighted by Gasteiger charge is 1.98. The third kappa shape index (κ3) is 11.5. The van der Waals surface area contributed by atoms with Crippen molar-refractivity contribution in [2.75, 3.05) is 26.2 Å². The van der Waals surface area contributed by atoms with Gasteiger partial charge in [0.25, 0.3) is 0 Å². The number of unbranched alkanes of at least 4 members (excludes halogenated alkanes) is 1. The zero-order valence-corrected chi connectivity index (χ0v) is 10.8. The maximum Gasteiger partial charge on any atom is 0.233 e. The van der Waals surface area contributed by atoms with Gasteiger partial charge in [0.1, 0.15) is 0 Å². The van der Waals surface area contributed by atoms with Crippen LogP contribution in [-0.4, -0.2) is 38.3 Å². The monoisotopic (exact) mass is 230 g/mol. The highest BCUT2D eigenvalue weighted by atomic mass is 16.5. The molecule has 0 heterocycles. The maximum atomic E-state index is 11.2. The zero-order chi connectivity index (χ0) is 12.2. The van der Waals surface area contributed by atoms with E-state index in [9.17, 15) is 4.79 Å². The molecule has 0 atom stereocenters. The van der Waals surface area contributed by atoms with E-state index in [1.165, 1.54) is 0 Å². The first-order valence-electron chi connectivity index (χ1n) is 6.25. The Morgan fingerprint density at radius 3 is 2.62 bits per heavy atom. The molecule has 4 nitrogen and oxygen atoms in total. The number of hydrogen-bond donors (Lipinski definition) is 2. The molecule has 0 saturated carbocycles. The van der Waals surface area contributed by atoms with Crippen LogP contribution in [0, 0.1) is 0 Å². The molecule has 0 fully saturated rings. The Bertz CT molecular complexity index is 172. The molecule has 0 aliphatic rings. The van der Waals surface area contributed by atoms with Crippen molar-refractivity contribution in [3.05, 3.63) is 0 Å². The van der Waals surface area contributed by atoms with Crippen molar-refractivity contribution in [2.24, 2.45) is 0 Å². The number of rotatable bonds is 10. The second kappa shape index (κ2) is 10.9. The molecular formula is C12H26N2O2. The molecule has 0 spiro atoms. The van der Waals surface area contributed by atoms with Crippen LogP contribution in [0.25, 0.3) is 0 Å². The molecule has 0 aromatic carbocycles. The summed E-state index contributed by atoms with van der Waals surface area (Å²) >= 11 is 0. The van der Waals surface area contributed by atoms with Gasteiger partial charge in [0.15, 0.2) is 0 Å². The second-order valence-corrected chi connectivity index (χ2v) is 4.15. The molecule has 1 amide bonds. The molecule has 0 aromatic rings. The number of hydrogen-bond acceptors (Lipinski definition) is 3. The summed E-state index contributed by atoms with van der Waals surface area (Å²) in [5.74, 6) is 0.0836. The van der Waals surface area contributed by atoms with Gasteiger partial charge in [-0.15, -0.1) is 0 Å². The quantitative estimate of drug-likeness (QED) is 0.556. The summed E-state index contributed by atoms with van der Waals surface area (Å²) in [6, 6.07) is 0. The van der Waals surface area contributed by atoms with Gasteiger partial charge in [0.05, 0.1) is 12.6 Å². The molecule has 2 N–H and O–H groups in total. The molecule has 0 aromatic heterocycles. The van der Waals surface area contributed by atoms with E-state index in [0.717, 1.165) is 39.0 Å². The maximum absolute atomic E-state index is 11.2. The zero-order valence-electron chi connectivity index (χ0n) is 10.8. The molecule has 0 aliphatic heterocycles. The first kappa shape index (κ1) is 15.4. The molecule has 0 rings (SSSR count). The summed E-state index contributed by atoms with van der Waals surface area (Å²) in [5, 5.41) is 5.94. The average molecular weight is 230 g/mol. The Morgan fingerprint density at radius 1 is 1.25 bits per heavy atom. The third-order valence-electron chi connectivity index (χ3n) is 2.06. The summed E-state index contributed by atoms with van der Waals surface area (Å²) < 4.78 is 5.42. The summed E-state index contributed by atoms with van der Waals surface area (Å²) in [7, 11) is 0. The topological polar surface area (TPSA) is 50.4 Å². The average Bonchev–Trinajstić information content (AvgIpc) is 2.24. The van der Waals surface area contributed by atoms with E-state index < -0.39 is 0 Å². The summed E-state index contributed by atoms with van der Waals surface area (Å²) in [6.07, 6.45) is 3.39. The number of ether oxygens (including phenoxy) is 1. The minimum Gasteiger partial charge on any atom is -0.379 e. The Hall–Kier alpha value is -0.610. The molecule has 0 radical (unpaired) electrons. The third-order valence-corrected chi connectivity index (χ3v) is 2.06. The van der Waals surface area contributed by atoms with Crippen LogP contribution < -0.4 is 10.6 Å². The fourth-order valence-electron chi connectivity index (χ4n) is 1.20.